The summed E-state index contributed by atoms with van der Waals surface area (Å²) in [6.07, 6.45) is -0.0703. The van der Waals surface area contributed by atoms with Gasteiger partial charge in [0, 0.05) is 6.42 Å². The fraction of sp³-hybridized carbons (Fsp3) is 1.00. The number of aliphatic hydroxyl groups is 2. The van der Waals surface area contributed by atoms with Gasteiger partial charge in [-0.2, -0.15) is 0 Å². The molecule has 0 rings (SSSR count). The molecule has 4 heteroatoms. The zero-order valence-electron chi connectivity index (χ0n) is 7.60. The van der Waals surface area contributed by atoms with E-state index >= 15 is 0 Å². The summed E-state index contributed by atoms with van der Waals surface area (Å²) in [5.74, 6) is 0.177. The normalized spacial score (nSPS) is 18.8. The van der Waals surface area contributed by atoms with Crippen LogP contribution in [-0.2, 0) is 4.89 Å². The van der Waals surface area contributed by atoms with E-state index in [1.807, 2.05) is 13.8 Å². The third kappa shape index (κ3) is 4.01. The lowest BCUT2D eigenvalue weighted by atomic mass is 9.97. The van der Waals surface area contributed by atoms with Gasteiger partial charge in [-0.25, -0.2) is 4.89 Å². The number of aliphatic hydroxyl groups excluding tert-OH is 2. The lowest BCUT2D eigenvalue weighted by Gasteiger charge is -2.21. The van der Waals surface area contributed by atoms with E-state index in [-0.39, 0.29) is 18.9 Å². The predicted molar refractivity (Wildman–Crippen MR) is 44.7 cm³/mol. The summed E-state index contributed by atoms with van der Waals surface area (Å²) in [5.41, 5.74) is 0. The first kappa shape index (κ1) is 11.8. The lowest BCUT2D eigenvalue weighted by molar-refractivity contribution is -0.294. The molecule has 0 aliphatic rings. The molecule has 0 spiro atoms. The minimum absolute atomic E-state index is 0.177. The van der Waals surface area contributed by atoms with E-state index in [1.165, 1.54) is 0 Å². The van der Waals surface area contributed by atoms with Crippen LogP contribution >= 0.6 is 0 Å². The first-order chi connectivity index (χ1) is 5.65. The number of rotatable bonds is 6. The van der Waals surface area contributed by atoms with Crippen LogP contribution in [0.4, 0.5) is 0 Å². The fourth-order valence-electron chi connectivity index (χ4n) is 0.985. The molecule has 3 atom stereocenters. The Bertz CT molecular complexity index is 107. The fourth-order valence-corrected chi connectivity index (χ4v) is 0.985. The maximum absolute atomic E-state index is 9.06. The summed E-state index contributed by atoms with van der Waals surface area (Å²) in [7, 11) is 0. The Morgan fingerprint density at radius 2 is 2.00 bits per heavy atom. The summed E-state index contributed by atoms with van der Waals surface area (Å²) in [4.78, 5) is 4.20. The Hall–Kier alpha value is -0.160. The largest absolute Gasteiger partial charge is 0.394 e. The molecule has 0 bridgehead atoms. The summed E-state index contributed by atoms with van der Waals surface area (Å²) in [6, 6.07) is 0. The molecule has 3 unspecified atom stereocenters. The van der Waals surface area contributed by atoms with Crippen LogP contribution in [0.1, 0.15) is 26.7 Å². The molecular formula is C8H18O4. The van der Waals surface area contributed by atoms with Crippen molar-refractivity contribution in [2.45, 2.75) is 38.9 Å². The Kier molecular flexibility index (Phi) is 6.28. The van der Waals surface area contributed by atoms with Crippen LogP contribution < -0.4 is 0 Å². The molecule has 12 heavy (non-hydrogen) atoms. The van der Waals surface area contributed by atoms with Crippen molar-refractivity contribution in [2.75, 3.05) is 6.61 Å². The Morgan fingerprint density at radius 1 is 1.42 bits per heavy atom. The molecule has 0 saturated carbocycles. The van der Waals surface area contributed by atoms with Gasteiger partial charge in [0.25, 0.3) is 0 Å². The van der Waals surface area contributed by atoms with Crippen molar-refractivity contribution in [1.29, 1.82) is 0 Å². The molecule has 3 N–H and O–H groups in total. The second-order valence-corrected chi connectivity index (χ2v) is 3.10. The molecule has 4 nitrogen and oxygen atoms in total. The third-order valence-corrected chi connectivity index (χ3v) is 2.13. The van der Waals surface area contributed by atoms with Crippen LogP contribution in [0.15, 0.2) is 0 Å². The molecule has 0 aromatic carbocycles. The van der Waals surface area contributed by atoms with E-state index < -0.39 is 12.2 Å². The summed E-state index contributed by atoms with van der Waals surface area (Å²) >= 11 is 0. The Labute approximate surface area is 72.7 Å². The monoisotopic (exact) mass is 178 g/mol. The maximum atomic E-state index is 9.06. The molecule has 0 amide bonds. The molecule has 0 aromatic rings. The van der Waals surface area contributed by atoms with Gasteiger partial charge in [-0.05, 0) is 5.92 Å². The molecule has 0 saturated heterocycles. The molecule has 0 heterocycles. The molecule has 0 aromatic heterocycles. The molecule has 0 aliphatic carbocycles. The lowest BCUT2D eigenvalue weighted by Crippen LogP contribution is -2.27. The van der Waals surface area contributed by atoms with Gasteiger partial charge in [0.15, 0.2) is 0 Å². The van der Waals surface area contributed by atoms with Crippen LogP contribution in [0, 0.1) is 5.92 Å². The van der Waals surface area contributed by atoms with E-state index in [9.17, 15) is 0 Å². The second kappa shape index (κ2) is 6.37. The van der Waals surface area contributed by atoms with E-state index in [4.69, 9.17) is 15.5 Å². The minimum Gasteiger partial charge on any atom is -0.394 e. The van der Waals surface area contributed by atoms with Gasteiger partial charge in [0.1, 0.15) is 0 Å². The maximum Gasteiger partial charge on any atom is 0.0978 e. The van der Waals surface area contributed by atoms with Crippen molar-refractivity contribution in [2.24, 2.45) is 5.92 Å². The molecule has 0 radical (unpaired) electrons. The first-order valence-electron chi connectivity index (χ1n) is 4.24. The van der Waals surface area contributed by atoms with Gasteiger partial charge in [-0.1, -0.05) is 20.3 Å². The average Bonchev–Trinajstić information content (AvgIpc) is 2.12. The summed E-state index contributed by atoms with van der Waals surface area (Å²) < 4.78 is 0. The number of hydrogen-bond donors (Lipinski definition) is 3. The van der Waals surface area contributed by atoms with Crippen molar-refractivity contribution in [3.05, 3.63) is 0 Å². The summed E-state index contributed by atoms with van der Waals surface area (Å²) in [5, 5.41) is 26.1. The van der Waals surface area contributed by atoms with Gasteiger partial charge in [0.05, 0.1) is 18.8 Å². The van der Waals surface area contributed by atoms with Crippen molar-refractivity contribution in [3.63, 3.8) is 0 Å². The smallest absolute Gasteiger partial charge is 0.0978 e. The minimum atomic E-state index is -0.809. The SMILES string of the molecule is CCC(C)C(CC(O)CO)OO. The van der Waals surface area contributed by atoms with Gasteiger partial charge < -0.3 is 10.2 Å². The zero-order chi connectivity index (χ0) is 9.56. The van der Waals surface area contributed by atoms with Crippen LogP contribution in [0.2, 0.25) is 0 Å². The van der Waals surface area contributed by atoms with Crippen LogP contribution in [0.25, 0.3) is 0 Å². The van der Waals surface area contributed by atoms with E-state index in [0.717, 1.165) is 6.42 Å². The standard InChI is InChI=1S/C8H18O4/c1-3-6(2)8(12-11)4-7(10)5-9/h6-11H,3-5H2,1-2H3. The van der Waals surface area contributed by atoms with Crippen molar-refractivity contribution in [1.82, 2.24) is 0 Å². The van der Waals surface area contributed by atoms with E-state index in [0.29, 0.717) is 0 Å². The van der Waals surface area contributed by atoms with Gasteiger partial charge >= 0.3 is 0 Å². The van der Waals surface area contributed by atoms with Crippen LogP contribution in [-0.4, -0.2) is 34.3 Å². The highest BCUT2D eigenvalue weighted by Gasteiger charge is 2.20. The molecule has 0 fully saturated rings. The van der Waals surface area contributed by atoms with E-state index in [1.54, 1.807) is 0 Å². The summed E-state index contributed by atoms with van der Waals surface area (Å²) in [6.45, 7) is 3.60. The second-order valence-electron chi connectivity index (χ2n) is 3.10. The molecular weight excluding hydrogens is 160 g/mol. The van der Waals surface area contributed by atoms with Crippen LogP contribution in [0.3, 0.4) is 0 Å². The van der Waals surface area contributed by atoms with Crippen LogP contribution in [0.5, 0.6) is 0 Å². The zero-order valence-corrected chi connectivity index (χ0v) is 7.60. The number of hydrogen-bond acceptors (Lipinski definition) is 4. The highest BCUT2D eigenvalue weighted by Crippen LogP contribution is 2.15. The molecule has 0 aliphatic heterocycles. The van der Waals surface area contributed by atoms with Gasteiger partial charge in [-0.15, -0.1) is 0 Å². The van der Waals surface area contributed by atoms with Gasteiger partial charge in [0.2, 0.25) is 0 Å². The highest BCUT2D eigenvalue weighted by molar-refractivity contribution is 4.68. The topological polar surface area (TPSA) is 69.9 Å². The van der Waals surface area contributed by atoms with Crippen molar-refractivity contribution >= 4 is 0 Å². The third-order valence-electron chi connectivity index (χ3n) is 2.13. The Balaban J connectivity index is 3.81. The predicted octanol–water partition coefficient (Wildman–Crippen LogP) is 0.634. The van der Waals surface area contributed by atoms with Crippen molar-refractivity contribution in [3.8, 4) is 0 Å². The van der Waals surface area contributed by atoms with E-state index in [2.05, 4.69) is 4.89 Å². The van der Waals surface area contributed by atoms with Gasteiger partial charge in [-0.3, -0.25) is 5.26 Å². The molecule has 74 valence electrons. The van der Waals surface area contributed by atoms with Crippen molar-refractivity contribution < 1.29 is 20.4 Å². The first-order valence-corrected chi connectivity index (χ1v) is 4.24. The average molecular weight is 178 g/mol. The highest BCUT2D eigenvalue weighted by atomic mass is 17.1. The quantitative estimate of drug-likeness (QED) is 0.412. The Morgan fingerprint density at radius 3 is 2.33 bits per heavy atom.